The Morgan fingerprint density at radius 2 is 1.67 bits per heavy atom. The Morgan fingerprint density at radius 1 is 0.949 bits per heavy atom. The summed E-state index contributed by atoms with van der Waals surface area (Å²) >= 11 is 0. The number of aromatic nitrogens is 2. The minimum atomic E-state index is -4.08. The number of imidazole rings is 1. The van der Waals surface area contributed by atoms with E-state index in [9.17, 15) is 18.0 Å². The number of Topliss-reactive ketones (excluding diaryl/α,β-unsaturated/α-hetero) is 1. The normalized spacial score (nSPS) is 12.1. The van der Waals surface area contributed by atoms with E-state index in [1.807, 2.05) is 66.1 Å². The fourth-order valence-electron chi connectivity index (χ4n) is 4.48. The van der Waals surface area contributed by atoms with Gasteiger partial charge in [-0.3, -0.25) is 4.79 Å². The van der Waals surface area contributed by atoms with Gasteiger partial charge in [0.1, 0.15) is 11.6 Å². The summed E-state index contributed by atoms with van der Waals surface area (Å²) in [6, 6.07) is 22.2. The van der Waals surface area contributed by atoms with Gasteiger partial charge in [0, 0.05) is 30.9 Å². The Hall–Kier alpha value is -4.24. The number of aryl methyl sites for hydroxylation is 1. The fourth-order valence-corrected chi connectivity index (χ4v) is 5.64. The van der Waals surface area contributed by atoms with Crippen LogP contribution in [-0.2, 0) is 27.7 Å². The second-order valence-corrected chi connectivity index (χ2v) is 11.0. The molecule has 1 heterocycles. The summed E-state index contributed by atoms with van der Waals surface area (Å²) in [5.41, 5.74) is 3.15. The molecule has 0 saturated heterocycles. The predicted molar refractivity (Wildman–Crippen MR) is 150 cm³/mol. The van der Waals surface area contributed by atoms with Gasteiger partial charge in [-0.15, -0.1) is 0 Å². The monoisotopic (exact) mass is 544 g/mol. The molecule has 3 aromatic carbocycles. The zero-order valence-electron chi connectivity index (χ0n) is 22.0. The lowest BCUT2D eigenvalue weighted by molar-refractivity contribution is -0.118. The van der Waals surface area contributed by atoms with Crippen LogP contribution in [0.5, 0.6) is 0 Å². The van der Waals surface area contributed by atoms with Crippen LogP contribution in [0, 0.1) is 6.92 Å². The van der Waals surface area contributed by atoms with Crippen LogP contribution in [0.3, 0.4) is 0 Å². The Bertz CT molecular complexity index is 1550. The molecule has 4 aromatic rings. The summed E-state index contributed by atoms with van der Waals surface area (Å²) < 4.78 is 29.8. The van der Waals surface area contributed by atoms with Crippen molar-refractivity contribution in [2.24, 2.45) is 0 Å². The number of benzene rings is 3. The third-order valence-corrected chi connectivity index (χ3v) is 7.79. The van der Waals surface area contributed by atoms with E-state index in [0.29, 0.717) is 30.7 Å². The lowest BCUT2D eigenvalue weighted by Crippen LogP contribution is -2.42. The molecule has 202 valence electrons. The first-order valence-electron chi connectivity index (χ1n) is 12.8. The highest BCUT2D eigenvalue weighted by Crippen LogP contribution is 2.22. The van der Waals surface area contributed by atoms with Gasteiger partial charge in [-0.2, -0.15) is 0 Å². The van der Waals surface area contributed by atoms with E-state index in [0.717, 1.165) is 23.2 Å². The van der Waals surface area contributed by atoms with Crippen LogP contribution < -0.4 is 10.0 Å². The Kier molecular flexibility index (Phi) is 8.93. The quantitative estimate of drug-likeness (QED) is 0.274. The van der Waals surface area contributed by atoms with Crippen LogP contribution in [-0.4, -0.2) is 29.8 Å². The Balaban J connectivity index is 1.62. The molecular formula is C30H32N4O4S. The first kappa shape index (κ1) is 27.8. The second kappa shape index (κ2) is 12.5. The lowest BCUT2D eigenvalue weighted by atomic mass is 10.0. The minimum Gasteiger partial charge on any atom is -0.327 e. The van der Waals surface area contributed by atoms with E-state index in [-0.39, 0.29) is 10.7 Å². The topological polar surface area (TPSA) is 110 Å². The number of hydrogen-bond acceptors (Lipinski definition) is 5. The molecule has 0 aliphatic carbocycles. The van der Waals surface area contributed by atoms with Crippen molar-refractivity contribution in [1.29, 1.82) is 0 Å². The molecule has 0 bridgehead atoms. The van der Waals surface area contributed by atoms with E-state index in [1.54, 1.807) is 37.5 Å². The van der Waals surface area contributed by atoms with E-state index >= 15 is 0 Å². The number of amides is 2. The van der Waals surface area contributed by atoms with Crippen molar-refractivity contribution in [3.05, 3.63) is 114 Å². The average Bonchev–Trinajstić information content (AvgIpc) is 3.39. The van der Waals surface area contributed by atoms with E-state index in [1.165, 1.54) is 6.07 Å². The molecule has 1 aromatic heterocycles. The number of hydrogen-bond donors (Lipinski definition) is 2. The van der Waals surface area contributed by atoms with Crippen molar-refractivity contribution < 1.29 is 18.0 Å². The van der Waals surface area contributed by atoms with E-state index in [4.69, 9.17) is 0 Å². The highest BCUT2D eigenvalue weighted by atomic mass is 32.2. The van der Waals surface area contributed by atoms with Crippen LogP contribution in [0.15, 0.2) is 96.2 Å². The molecule has 4 rings (SSSR count). The molecule has 0 aliphatic rings. The molecule has 9 heteroatoms. The first-order chi connectivity index (χ1) is 18.8. The molecule has 0 saturated carbocycles. The predicted octanol–water partition coefficient (Wildman–Crippen LogP) is 5.06. The minimum absolute atomic E-state index is 0.0377. The summed E-state index contributed by atoms with van der Waals surface area (Å²) in [4.78, 5) is 29.8. The van der Waals surface area contributed by atoms with Crippen molar-refractivity contribution >= 4 is 21.8 Å². The van der Waals surface area contributed by atoms with Crippen LogP contribution in [0.25, 0.3) is 5.69 Å². The van der Waals surface area contributed by atoms with Gasteiger partial charge in [0.05, 0.1) is 10.9 Å². The van der Waals surface area contributed by atoms with Gasteiger partial charge in [0.2, 0.25) is 0 Å². The summed E-state index contributed by atoms with van der Waals surface area (Å²) in [6.45, 7) is 3.65. The van der Waals surface area contributed by atoms with E-state index in [2.05, 4.69) is 15.0 Å². The molecular weight excluding hydrogens is 512 g/mol. The summed E-state index contributed by atoms with van der Waals surface area (Å²) in [5, 5.41) is 2.82. The highest BCUT2D eigenvalue weighted by Gasteiger charge is 2.25. The number of carbonyl (C=O) groups is 2. The number of carbonyl (C=O) groups excluding carboxylic acids is 2. The first-order valence-corrected chi connectivity index (χ1v) is 14.3. The number of nitrogens with zero attached hydrogens (tertiary/aromatic N) is 2. The van der Waals surface area contributed by atoms with Crippen molar-refractivity contribution in [1.82, 2.24) is 19.6 Å². The summed E-state index contributed by atoms with van der Waals surface area (Å²) in [6.07, 6.45) is 5.47. The van der Waals surface area contributed by atoms with Gasteiger partial charge in [-0.1, -0.05) is 67.6 Å². The maximum Gasteiger partial charge on any atom is 0.329 e. The van der Waals surface area contributed by atoms with Gasteiger partial charge in [-0.05, 0) is 54.7 Å². The Labute approximate surface area is 229 Å². The zero-order valence-corrected chi connectivity index (χ0v) is 22.8. The molecule has 2 N–H and O–H groups in total. The molecule has 0 unspecified atom stereocenters. The van der Waals surface area contributed by atoms with Crippen LogP contribution in [0.4, 0.5) is 4.79 Å². The summed E-state index contributed by atoms with van der Waals surface area (Å²) in [5.74, 6) is 0.704. The highest BCUT2D eigenvalue weighted by molar-refractivity contribution is 7.90. The van der Waals surface area contributed by atoms with Gasteiger partial charge < -0.3 is 9.88 Å². The molecule has 0 fully saturated rings. The molecule has 39 heavy (non-hydrogen) atoms. The second-order valence-electron chi connectivity index (χ2n) is 9.38. The number of urea groups is 1. The maximum absolute atomic E-state index is 13.0. The molecule has 8 nitrogen and oxygen atoms in total. The summed E-state index contributed by atoms with van der Waals surface area (Å²) in [7, 11) is -4.08. The largest absolute Gasteiger partial charge is 0.329 e. The smallest absolute Gasteiger partial charge is 0.327 e. The average molecular weight is 545 g/mol. The SMILES string of the molecule is CCCC(=O)Cc1cccc(-n2ccnc2[C@H](Cc2ccccc2)NC(=O)NS(=O)(=O)c2ccccc2C)c1. The lowest BCUT2D eigenvalue weighted by Gasteiger charge is -2.21. The van der Waals surface area contributed by atoms with Crippen molar-refractivity contribution in [2.45, 2.75) is 50.5 Å². The van der Waals surface area contributed by atoms with Crippen LogP contribution in [0.1, 0.15) is 48.3 Å². The van der Waals surface area contributed by atoms with Crippen molar-refractivity contribution in [2.75, 3.05) is 0 Å². The fraction of sp³-hybridized carbons (Fsp3) is 0.233. The van der Waals surface area contributed by atoms with Crippen molar-refractivity contribution in [3.8, 4) is 5.69 Å². The van der Waals surface area contributed by atoms with Crippen molar-refractivity contribution in [3.63, 3.8) is 0 Å². The van der Waals surface area contributed by atoms with Gasteiger partial charge in [0.25, 0.3) is 10.0 Å². The number of nitrogens with one attached hydrogen (secondary N) is 2. The maximum atomic E-state index is 13.0. The molecule has 1 atom stereocenters. The Morgan fingerprint density at radius 3 is 2.41 bits per heavy atom. The number of rotatable bonds is 11. The van der Waals surface area contributed by atoms with E-state index < -0.39 is 22.1 Å². The third kappa shape index (κ3) is 7.20. The van der Waals surface area contributed by atoms with Gasteiger partial charge >= 0.3 is 6.03 Å². The van der Waals surface area contributed by atoms with Crippen LogP contribution >= 0.6 is 0 Å². The molecule has 2 amide bonds. The standard InChI is InChI=1S/C30H32N4O4S/c1-3-10-26(35)20-24-14-9-15-25(19-24)34-18-17-31-29(34)27(21-23-12-5-4-6-13-23)32-30(36)33-39(37,38)28-16-8-7-11-22(28)2/h4-9,11-19,27H,3,10,20-21H2,1-2H3,(H2,32,33,36)/t27-/m0/s1. The van der Waals surface area contributed by atoms with Crippen LogP contribution in [0.2, 0.25) is 0 Å². The molecule has 0 spiro atoms. The van der Waals surface area contributed by atoms with Gasteiger partial charge in [-0.25, -0.2) is 22.9 Å². The third-order valence-electron chi connectivity index (χ3n) is 6.30. The number of ketones is 1. The molecule has 0 aliphatic heterocycles. The van der Waals surface area contributed by atoms with Gasteiger partial charge in [0.15, 0.2) is 0 Å². The molecule has 0 radical (unpaired) electrons. The zero-order chi connectivity index (χ0) is 27.8. The number of sulfonamides is 1.